The molecule has 2 heterocycles. The number of para-hydroxylation sites is 1. The second-order valence-corrected chi connectivity index (χ2v) is 8.87. The van der Waals surface area contributed by atoms with Crippen LogP contribution in [0, 0.1) is 0 Å². The fraction of sp³-hybridized carbons (Fsp3) is 0.0417. The predicted octanol–water partition coefficient (Wildman–Crippen LogP) is 7.16. The van der Waals surface area contributed by atoms with Gasteiger partial charge in [0.1, 0.15) is 0 Å². The molecule has 0 radical (unpaired) electrons. The van der Waals surface area contributed by atoms with Crippen LogP contribution in [0.3, 0.4) is 0 Å². The Hall–Kier alpha value is -2.86. The van der Waals surface area contributed by atoms with E-state index in [2.05, 4.69) is 21.4 Å². The summed E-state index contributed by atoms with van der Waals surface area (Å²) >= 11 is 14.1. The molecule has 1 unspecified atom stereocenters. The molecule has 0 bridgehead atoms. The molecule has 1 aliphatic rings. The highest BCUT2D eigenvalue weighted by Crippen LogP contribution is 2.36. The number of aromatic nitrogens is 2. The van der Waals surface area contributed by atoms with Crippen LogP contribution in [-0.4, -0.2) is 21.7 Å². The van der Waals surface area contributed by atoms with E-state index in [0.29, 0.717) is 15.7 Å². The van der Waals surface area contributed by atoms with Gasteiger partial charge in [-0.15, -0.1) is 0 Å². The molecule has 0 spiro atoms. The van der Waals surface area contributed by atoms with Crippen LogP contribution < -0.4 is 5.32 Å². The molecule has 1 N–H and O–H groups in total. The average molecular weight is 463 g/mol. The third kappa shape index (κ3) is 4.44. The lowest BCUT2D eigenvalue weighted by molar-refractivity contribution is 1.08. The number of fused-ring (bicyclic) bond motifs is 1. The maximum Gasteiger partial charge on any atom is 0.171 e. The van der Waals surface area contributed by atoms with Crippen LogP contribution in [0.2, 0.25) is 10.0 Å². The zero-order chi connectivity index (χ0) is 21.2. The molecule has 1 aromatic heterocycles. The van der Waals surface area contributed by atoms with Crippen LogP contribution in [-0.2, 0) is 0 Å². The first-order chi connectivity index (χ1) is 15.2. The zero-order valence-electron chi connectivity index (χ0n) is 16.2. The number of halogens is 2. The molecule has 1 atom stereocenters. The van der Waals surface area contributed by atoms with E-state index in [1.807, 2.05) is 67.0 Å². The molecule has 4 aromatic rings. The van der Waals surface area contributed by atoms with Crippen LogP contribution in [0.5, 0.6) is 0 Å². The Kier molecular flexibility index (Phi) is 5.64. The van der Waals surface area contributed by atoms with Gasteiger partial charge >= 0.3 is 0 Å². The van der Waals surface area contributed by atoms with Crippen molar-refractivity contribution in [1.82, 2.24) is 9.97 Å². The monoisotopic (exact) mass is 462 g/mol. The number of hydrogen-bond donors (Lipinski definition) is 1. The van der Waals surface area contributed by atoms with Crippen LogP contribution >= 0.6 is 35.0 Å². The molecule has 3 aromatic carbocycles. The molecule has 0 fully saturated rings. The Balaban J connectivity index is 1.37. The zero-order valence-corrected chi connectivity index (χ0v) is 18.5. The van der Waals surface area contributed by atoms with Gasteiger partial charge in [0.2, 0.25) is 0 Å². The standard InChI is InChI=1S/C24H16Cl2N4S/c25-18-7-4-8-19(26)23(18)30-24-28-13-17(31-24)11-15-9-10-20-21(12-15)29-22(14-27-20)16-5-2-1-3-6-16/h1-14,24,30H/b17-11-. The van der Waals surface area contributed by atoms with Crippen molar-refractivity contribution >= 4 is 64.0 Å². The van der Waals surface area contributed by atoms with E-state index in [1.165, 1.54) is 0 Å². The largest absolute Gasteiger partial charge is 0.353 e. The van der Waals surface area contributed by atoms with Gasteiger partial charge in [0.15, 0.2) is 5.50 Å². The van der Waals surface area contributed by atoms with E-state index < -0.39 is 0 Å². The van der Waals surface area contributed by atoms with Crippen molar-refractivity contribution in [1.29, 1.82) is 0 Å². The molecular formula is C24H16Cl2N4S. The number of benzene rings is 3. The van der Waals surface area contributed by atoms with E-state index in [9.17, 15) is 0 Å². The van der Waals surface area contributed by atoms with Crippen molar-refractivity contribution in [2.45, 2.75) is 5.50 Å². The lowest BCUT2D eigenvalue weighted by atomic mass is 10.1. The maximum absolute atomic E-state index is 6.25. The average Bonchev–Trinajstić information content (AvgIpc) is 3.23. The van der Waals surface area contributed by atoms with Crippen molar-refractivity contribution in [3.8, 4) is 11.3 Å². The van der Waals surface area contributed by atoms with Gasteiger partial charge in [0.25, 0.3) is 0 Å². The Labute approximate surface area is 194 Å². The first-order valence-corrected chi connectivity index (χ1v) is 11.2. The van der Waals surface area contributed by atoms with Crippen molar-refractivity contribution in [2.75, 3.05) is 5.32 Å². The number of rotatable bonds is 4. The molecule has 7 heteroatoms. The molecule has 0 aliphatic carbocycles. The van der Waals surface area contributed by atoms with Gasteiger partial charge in [0.05, 0.1) is 38.7 Å². The third-order valence-corrected chi connectivity index (χ3v) is 6.35. The van der Waals surface area contributed by atoms with Crippen molar-refractivity contribution in [3.05, 3.63) is 93.4 Å². The summed E-state index contributed by atoms with van der Waals surface area (Å²) in [5.41, 5.74) is 5.17. The first kappa shape index (κ1) is 20.1. The van der Waals surface area contributed by atoms with Crippen LogP contribution in [0.15, 0.2) is 82.8 Å². The van der Waals surface area contributed by atoms with Crippen molar-refractivity contribution < 1.29 is 0 Å². The number of nitrogens with one attached hydrogen (secondary N) is 1. The van der Waals surface area contributed by atoms with Crippen LogP contribution in [0.1, 0.15) is 5.56 Å². The van der Waals surface area contributed by atoms with Crippen molar-refractivity contribution in [2.24, 2.45) is 4.99 Å². The van der Waals surface area contributed by atoms with Gasteiger partial charge in [-0.25, -0.2) is 4.98 Å². The fourth-order valence-electron chi connectivity index (χ4n) is 3.26. The SMILES string of the molecule is Clc1cccc(Cl)c1NC1N=C/C(=C/c2ccc3ncc(-c4ccccc4)nc3c2)S1. The van der Waals surface area contributed by atoms with Crippen molar-refractivity contribution in [3.63, 3.8) is 0 Å². The smallest absolute Gasteiger partial charge is 0.171 e. The number of thioether (sulfide) groups is 1. The van der Waals surface area contributed by atoms with E-state index in [1.54, 1.807) is 23.9 Å². The second-order valence-electron chi connectivity index (χ2n) is 6.91. The summed E-state index contributed by atoms with van der Waals surface area (Å²) in [6.07, 6.45) is 5.75. The van der Waals surface area contributed by atoms with Gasteiger partial charge < -0.3 is 5.32 Å². The van der Waals surface area contributed by atoms with Crippen LogP contribution in [0.4, 0.5) is 5.69 Å². The van der Waals surface area contributed by atoms with E-state index in [-0.39, 0.29) is 5.50 Å². The Bertz CT molecular complexity index is 1300. The fourth-order valence-corrected chi connectivity index (χ4v) is 4.65. The highest BCUT2D eigenvalue weighted by atomic mass is 35.5. The van der Waals surface area contributed by atoms with Gasteiger partial charge in [-0.3, -0.25) is 9.98 Å². The highest BCUT2D eigenvalue weighted by molar-refractivity contribution is 8.05. The summed E-state index contributed by atoms with van der Waals surface area (Å²) in [4.78, 5) is 14.9. The maximum atomic E-state index is 6.25. The topological polar surface area (TPSA) is 50.2 Å². The number of hydrogen-bond acceptors (Lipinski definition) is 5. The third-order valence-electron chi connectivity index (χ3n) is 4.76. The van der Waals surface area contributed by atoms with Gasteiger partial charge in [0, 0.05) is 16.7 Å². The highest BCUT2D eigenvalue weighted by Gasteiger charge is 2.18. The second kappa shape index (κ2) is 8.71. The normalized spacial score (nSPS) is 16.8. The summed E-state index contributed by atoms with van der Waals surface area (Å²) in [5, 5.41) is 4.43. The Morgan fingerprint density at radius 2 is 1.71 bits per heavy atom. The number of anilines is 1. The molecule has 0 saturated heterocycles. The van der Waals surface area contributed by atoms with Gasteiger partial charge in [-0.1, -0.05) is 77.4 Å². The van der Waals surface area contributed by atoms with E-state index in [0.717, 1.165) is 32.8 Å². The minimum atomic E-state index is -0.186. The minimum Gasteiger partial charge on any atom is -0.353 e. The first-order valence-electron chi connectivity index (χ1n) is 9.60. The number of nitrogens with zero attached hydrogens (tertiary/aromatic N) is 3. The molecule has 4 nitrogen and oxygen atoms in total. The molecule has 152 valence electrons. The van der Waals surface area contributed by atoms with E-state index in [4.69, 9.17) is 28.2 Å². The molecule has 5 rings (SSSR count). The van der Waals surface area contributed by atoms with Gasteiger partial charge in [-0.2, -0.15) is 0 Å². The summed E-state index contributed by atoms with van der Waals surface area (Å²) in [7, 11) is 0. The molecule has 1 aliphatic heterocycles. The molecule has 31 heavy (non-hydrogen) atoms. The molecular weight excluding hydrogens is 447 g/mol. The quantitative estimate of drug-likeness (QED) is 0.349. The molecule has 0 saturated carbocycles. The summed E-state index contributed by atoms with van der Waals surface area (Å²) < 4.78 is 0. The van der Waals surface area contributed by atoms with E-state index >= 15 is 0 Å². The summed E-state index contributed by atoms with van der Waals surface area (Å²) in [6.45, 7) is 0. The summed E-state index contributed by atoms with van der Waals surface area (Å²) in [5.74, 6) is 0. The Morgan fingerprint density at radius 1 is 0.903 bits per heavy atom. The lowest BCUT2D eigenvalue weighted by Gasteiger charge is -2.13. The minimum absolute atomic E-state index is 0.186. The number of aliphatic imine (C=N–C) groups is 1. The van der Waals surface area contributed by atoms with Crippen LogP contribution in [0.25, 0.3) is 28.4 Å². The Morgan fingerprint density at radius 3 is 2.52 bits per heavy atom. The predicted molar refractivity (Wildman–Crippen MR) is 133 cm³/mol. The van der Waals surface area contributed by atoms with Gasteiger partial charge in [-0.05, 0) is 35.9 Å². The number of allylic oxidation sites excluding steroid dienone is 1. The molecule has 0 amide bonds. The summed E-state index contributed by atoms with van der Waals surface area (Å²) in [6, 6.07) is 21.5. The lowest BCUT2D eigenvalue weighted by Crippen LogP contribution is -2.10.